The molecule has 0 aromatic heterocycles. The second-order valence-corrected chi connectivity index (χ2v) is 5.36. The van der Waals surface area contributed by atoms with Gasteiger partial charge in [-0.25, -0.2) is 0 Å². The summed E-state index contributed by atoms with van der Waals surface area (Å²) in [7, 11) is 0. The van der Waals surface area contributed by atoms with E-state index in [4.69, 9.17) is 15.2 Å². The first-order valence-electron chi connectivity index (χ1n) is 7.39. The van der Waals surface area contributed by atoms with Crippen molar-refractivity contribution in [1.29, 1.82) is 0 Å². The van der Waals surface area contributed by atoms with Crippen LogP contribution in [0, 0.1) is 5.92 Å². The number of hydrogen-bond donors (Lipinski definition) is 2. The Morgan fingerprint density at radius 1 is 1.24 bits per heavy atom. The zero-order chi connectivity index (χ0) is 15.5. The molecule has 5 heteroatoms. The molecule has 3 N–H and O–H groups in total. The molecule has 1 aromatic rings. The van der Waals surface area contributed by atoms with E-state index < -0.39 is 0 Å². The van der Waals surface area contributed by atoms with Gasteiger partial charge in [0.05, 0.1) is 13.2 Å². The van der Waals surface area contributed by atoms with E-state index in [0.717, 1.165) is 12.3 Å². The Balaban J connectivity index is 2.01. The molecule has 21 heavy (non-hydrogen) atoms. The minimum atomic E-state index is -0.0275. The summed E-state index contributed by atoms with van der Waals surface area (Å²) in [6.45, 7) is 6.72. The molecule has 0 aliphatic rings. The number of nitrogens with one attached hydrogen (secondary N) is 1. The van der Waals surface area contributed by atoms with Gasteiger partial charge in [0.25, 0.3) is 0 Å². The molecule has 0 heterocycles. The molecule has 0 aliphatic heterocycles. The molecular weight excluding hydrogens is 268 g/mol. The number of rotatable bonds is 10. The van der Waals surface area contributed by atoms with Gasteiger partial charge in [-0.15, -0.1) is 0 Å². The number of nitrogen functional groups attached to an aromatic ring is 1. The van der Waals surface area contributed by atoms with Gasteiger partial charge in [0.15, 0.2) is 0 Å². The van der Waals surface area contributed by atoms with Crippen LogP contribution in [0.2, 0.25) is 0 Å². The fourth-order valence-corrected chi connectivity index (χ4v) is 1.71. The van der Waals surface area contributed by atoms with Crippen LogP contribution in [0.4, 0.5) is 11.4 Å². The summed E-state index contributed by atoms with van der Waals surface area (Å²) in [6.07, 6.45) is 1.12. The topological polar surface area (TPSA) is 73.6 Å². The second-order valence-electron chi connectivity index (χ2n) is 5.36. The van der Waals surface area contributed by atoms with Crippen molar-refractivity contribution in [3.8, 4) is 0 Å². The van der Waals surface area contributed by atoms with Crippen molar-refractivity contribution in [2.24, 2.45) is 5.92 Å². The first-order chi connectivity index (χ1) is 10.1. The second kappa shape index (κ2) is 10.2. The van der Waals surface area contributed by atoms with Gasteiger partial charge in [-0.3, -0.25) is 4.79 Å². The van der Waals surface area contributed by atoms with Crippen molar-refractivity contribution >= 4 is 17.3 Å². The van der Waals surface area contributed by atoms with Gasteiger partial charge in [0, 0.05) is 31.0 Å². The quantitative estimate of drug-likeness (QED) is 0.514. The molecular formula is C16H26N2O3. The molecule has 0 radical (unpaired) electrons. The summed E-state index contributed by atoms with van der Waals surface area (Å²) in [5.41, 5.74) is 7.01. The van der Waals surface area contributed by atoms with E-state index in [2.05, 4.69) is 19.2 Å². The van der Waals surface area contributed by atoms with E-state index in [-0.39, 0.29) is 5.91 Å². The van der Waals surface area contributed by atoms with Gasteiger partial charge in [-0.2, -0.15) is 0 Å². The van der Waals surface area contributed by atoms with Crippen molar-refractivity contribution in [1.82, 2.24) is 0 Å². The van der Waals surface area contributed by atoms with Crippen molar-refractivity contribution in [3.63, 3.8) is 0 Å². The Kier molecular flexibility index (Phi) is 8.47. The summed E-state index contributed by atoms with van der Waals surface area (Å²) in [4.78, 5) is 11.7. The van der Waals surface area contributed by atoms with Gasteiger partial charge >= 0.3 is 0 Å². The molecule has 1 aromatic carbocycles. The minimum Gasteiger partial charge on any atom is -0.399 e. The molecule has 5 nitrogen and oxygen atoms in total. The molecule has 0 spiro atoms. The Labute approximate surface area is 126 Å². The first kappa shape index (κ1) is 17.5. The van der Waals surface area contributed by atoms with Crippen LogP contribution in [0.1, 0.15) is 26.7 Å². The van der Waals surface area contributed by atoms with Gasteiger partial charge in [0.1, 0.15) is 0 Å². The number of nitrogens with two attached hydrogens (primary N) is 1. The summed E-state index contributed by atoms with van der Waals surface area (Å²) in [5.74, 6) is 0.515. The van der Waals surface area contributed by atoms with Crippen LogP contribution in [-0.2, 0) is 14.3 Å². The summed E-state index contributed by atoms with van der Waals surface area (Å²) < 4.78 is 10.8. The fourth-order valence-electron chi connectivity index (χ4n) is 1.71. The monoisotopic (exact) mass is 294 g/mol. The van der Waals surface area contributed by atoms with Crippen molar-refractivity contribution < 1.29 is 14.3 Å². The smallest absolute Gasteiger partial charge is 0.224 e. The van der Waals surface area contributed by atoms with Gasteiger partial charge in [0.2, 0.25) is 5.91 Å². The molecule has 0 saturated carbocycles. The average Bonchev–Trinajstić information content (AvgIpc) is 2.41. The number of anilines is 2. The van der Waals surface area contributed by atoms with Crippen molar-refractivity contribution in [2.45, 2.75) is 26.7 Å². The third-order valence-electron chi connectivity index (χ3n) is 2.69. The molecule has 0 bridgehead atoms. The lowest BCUT2D eigenvalue weighted by molar-refractivity contribution is -0.116. The Bertz CT molecular complexity index is 422. The maximum atomic E-state index is 11.7. The number of amides is 1. The van der Waals surface area contributed by atoms with Gasteiger partial charge < -0.3 is 20.5 Å². The number of hydrogen-bond acceptors (Lipinski definition) is 4. The summed E-state index contributed by atoms with van der Waals surface area (Å²) in [6, 6.07) is 7.15. The lowest BCUT2D eigenvalue weighted by atomic mass is 10.2. The maximum absolute atomic E-state index is 11.7. The standard InChI is InChI=1S/C16H26N2O3/c1-13(2)12-21-10-9-20-8-4-7-16(19)18-15-6-3-5-14(17)11-15/h3,5-6,11,13H,4,7-10,12,17H2,1-2H3,(H,18,19). The Hall–Kier alpha value is -1.59. The van der Waals surface area contributed by atoms with Crippen LogP contribution in [-0.4, -0.2) is 32.3 Å². The van der Waals surface area contributed by atoms with Crippen LogP contribution >= 0.6 is 0 Å². The van der Waals surface area contributed by atoms with E-state index in [1.807, 2.05) is 12.1 Å². The normalized spacial score (nSPS) is 10.8. The largest absolute Gasteiger partial charge is 0.399 e. The SMILES string of the molecule is CC(C)COCCOCCCC(=O)Nc1cccc(N)c1. The van der Waals surface area contributed by atoms with Crippen LogP contribution < -0.4 is 11.1 Å². The number of ether oxygens (including phenoxy) is 2. The molecule has 0 aliphatic carbocycles. The minimum absolute atomic E-state index is 0.0275. The lowest BCUT2D eigenvalue weighted by Gasteiger charge is -2.08. The van der Waals surface area contributed by atoms with E-state index in [1.165, 1.54) is 0 Å². The zero-order valence-electron chi connectivity index (χ0n) is 12.9. The fraction of sp³-hybridized carbons (Fsp3) is 0.562. The molecule has 0 saturated heterocycles. The van der Waals surface area contributed by atoms with Crippen LogP contribution in [0.25, 0.3) is 0 Å². The van der Waals surface area contributed by atoms with E-state index in [1.54, 1.807) is 12.1 Å². The molecule has 0 fully saturated rings. The van der Waals surface area contributed by atoms with E-state index in [9.17, 15) is 4.79 Å². The highest BCUT2D eigenvalue weighted by Gasteiger charge is 2.02. The van der Waals surface area contributed by atoms with Crippen LogP contribution in [0.5, 0.6) is 0 Å². The van der Waals surface area contributed by atoms with Crippen LogP contribution in [0.15, 0.2) is 24.3 Å². The highest BCUT2D eigenvalue weighted by atomic mass is 16.5. The highest BCUT2D eigenvalue weighted by molar-refractivity contribution is 5.91. The van der Waals surface area contributed by atoms with E-state index in [0.29, 0.717) is 44.3 Å². The molecule has 1 amide bonds. The zero-order valence-corrected chi connectivity index (χ0v) is 12.9. The predicted octanol–water partition coefficient (Wildman–Crippen LogP) is 2.68. The molecule has 0 atom stereocenters. The number of carbonyl (C=O) groups excluding carboxylic acids is 1. The molecule has 118 valence electrons. The number of benzene rings is 1. The van der Waals surface area contributed by atoms with Crippen LogP contribution in [0.3, 0.4) is 0 Å². The molecule has 0 unspecified atom stereocenters. The summed E-state index contributed by atoms with van der Waals surface area (Å²) in [5, 5.41) is 2.81. The highest BCUT2D eigenvalue weighted by Crippen LogP contribution is 2.12. The van der Waals surface area contributed by atoms with Gasteiger partial charge in [-0.05, 0) is 30.5 Å². The third-order valence-corrected chi connectivity index (χ3v) is 2.69. The Morgan fingerprint density at radius 3 is 2.71 bits per heavy atom. The van der Waals surface area contributed by atoms with Crippen molar-refractivity contribution in [3.05, 3.63) is 24.3 Å². The summed E-state index contributed by atoms with van der Waals surface area (Å²) >= 11 is 0. The predicted molar refractivity (Wildman–Crippen MR) is 85.2 cm³/mol. The van der Waals surface area contributed by atoms with E-state index >= 15 is 0 Å². The Morgan fingerprint density at radius 2 is 2.00 bits per heavy atom. The lowest BCUT2D eigenvalue weighted by Crippen LogP contribution is -2.13. The molecule has 1 rings (SSSR count). The third kappa shape index (κ3) is 9.05. The van der Waals surface area contributed by atoms with Crippen molar-refractivity contribution in [2.75, 3.05) is 37.5 Å². The number of carbonyl (C=O) groups is 1. The maximum Gasteiger partial charge on any atom is 0.224 e. The van der Waals surface area contributed by atoms with Gasteiger partial charge in [-0.1, -0.05) is 19.9 Å². The average molecular weight is 294 g/mol. The first-order valence-corrected chi connectivity index (χ1v) is 7.39.